The van der Waals surface area contributed by atoms with Gasteiger partial charge in [0.2, 0.25) is 0 Å². The Bertz CT molecular complexity index is 1010. The molecule has 2 aromatic heterocycles. The smallest absolute Gasteiger partial charge is 0.277 e. The summed E-state index contributed by atoms with van der Waals surface area (Å²) in [4.78, 5) is 31.6. The molecule has 0 bridgehead atoms. The van der Waals surface area contributed by atoms with Crippen molar-refractivity contribution in [1.29, 1.82) is 5.26 Å². The molecular weight excluding hydrogens is 326 g/mol. The van der Waals surface area contributed by atoms with Gasteiger partial charge in [0.05, 0.1) is 12.0 Å². The molecule has 0 aromatic carbocycles. The number of nitrogens with one attached hydrogen (secondary N) is 2. The largest absolute Gasteiger partial charge is 0.352 e. The van der Waals surface area contributed by atoms with Gasteiger partial charge in [-0.25, -0.2) is 4.98 Å². The molecule has 0 aliphatic carbocycles. The van der Waals surface area contributed by atoms with E-state index in [4.69, 9.17) is 0 Å². The van der Waals surface area contributed by atoms with E-state index < -0.39 is 5.91 Å². The molecule has 7 nitrogen and oxygen atoms in total. The van der Waals surface area contributed by atoms with Gasteiger partial charge in [-0.05, 0) is 20.8 Å². The number of amides is 1. The monoisotopic (exact) mass is 343 g/mol. The third kappa shape index (κ3) is 3.38. The highest BCUT2D eigenvalue weighted by molar-refractivity contribution is 7.07. The number of aromatic nitrogens is 3. The Hall–Kier alpha value is -2.88. The number of rotatable bonds is 4. The number of hydrogen-bond donors (Lipinski definition) is 2. The zero-order valence-electron chi connectivity index (χ0n) is 13.6. The van der Waals surface area contributed by atoms with Gasteiger partial charge in [-0.1, -0.05) is 5.73 Å². The molecule has 0 spiro atoms. The molecular formula is C16H17N5O2S. The molecule has 0 fully saturated rings. The molecule has 0 saturated carbocycles. The first-order chi connectivity index (χ1) is 11.5. The summed E-state index contributed by atoms with van der Waals surface area (Å²) in [6.45, 7) is 6.18. The first-order valence-electron chi connectivity index (χ1n) is 7.42. The van der Waals surface area contributed by atoms with Crippen molar-refractivity contribution in [2.24, 2.45) is 0 Å². The first-order valence-corrected chi connectivity index (χ1v) is 8.24. The Morgan fingerprint density at radius 2 is 2.29 bits per heavy atom. The minimum Gasteiger partial charge on any atom is -0.352 e. The van der Waals surface area contributed by atoms with Crippen LogP contribution in [0.15, 0.2) is 11.1 Å². The normalized spacial score (nSPS) is 11.4. The first kappa shape index (κ1) is 17.5. The molecule has 8 heteroatoms. The second-order valence-electron chi connectivity index (χ2n) is 4.83. The summed E-state index contributed by atoms with van der Waals surface area (Å²) in [6.07, 6.45) is 3.17. The van der Waals surface area contributed by atoms with Crippen LogP contribution < -0.4 is 20.1 Å². The number of aryl methyl sites for hydroxylation is 1. The van der Waals surface area contributed by atoms with E-state index in [-0.39, 0.29) is 11.1 Å². The summed E-state index contributed by atoms with van der Waals surface area (Å²) >= 11 is 1.08. The number of aromatic amines is 1. The van der Waals surface area contributed by atoms with Crippen LogP contribution in [0.2, 0.25) is 0 Å². The summed E-state index contributed by atoms with van der Waals surface area (Å²) < 4.78 is 2.07. The Kier molecular flexibility index (Phi) is 5.53. The number of nitriles is 1. The molecule has 2 N–H and O–H groups in total. The molecule has 0 aliphatic rings. The molecule has 24 heavy (non-hydrogen) atoms. The van der Waals surface area contributed by atoms with Crippen LogP contribution in [0.4, 0.5) is 0 Å². The molecule has 1 amide bonds. The van der Waals surface area contributed by atoms with Crippen molar-refractivity contribution in [3.8, 4) is 6.07 Å². The summed E-state index contributed by atoms with van der Waals surface area (Å²) in [5.74, 6) is -0.484. The average Bonchev–Trinajstić information content (AvgIpc) is 3.10. The molecule has 0 saturated heterocycles. The predicted molar refractivity (Wildman–Crippen MR) is 92.4 cm³/mol. The van der Waals surface area contributed by atoms with Crippen molar-refractivity contribution >= 4 is 34.6 Å². The minimum atomic E-state index is -0.484. The van der Waals surface area contributed by atoms with Crippen LogP contribution in [0.1, 0.15) is 25.2 Å². The van der Waals surface area contributed by atoms with E-state index in [2.05, 4.69) is 21.0 Å². The van der Waals surface area contributed by atoms with Gasteiger partial charge in [-0.15, -0.1) is 11.3 Å². The van der Waals surface area contributed by atoms with E-state index in [1.54, 1.807) is 26.3 Å². The lowest BCUT2D eigenvalue weighted by molar-refractivity contribution is -0.115. The van der Waals surface area contributed by atoms with Gasteiger partial charge in [-0.2, -0.15) is 5.26 Å². The SMILES string of the molecule is CCNC(=O)/C(C#N)=c1\sc(=C=Cc2nc[nH]c2C)c(=O)n1CC. The fraction of sp³-hybridized carbons (Fsp3) is 0.312. The average molecular weight is 343 g/mol. The highest BCUT2D eigenvalue weighted by Gasteiger charge is 2.14. The quantitative estimate of drug-likeness (QED) is 0.806. The molecule has 0 unspecified atom stereocenters. The lowest BCUT2D eigenvalue weighted by atomic mass is 10.3. The summed E-state index contributed by atoms with van der Waals surface area (Å²) in [5.41, 5.74) is 4.12. The van der Waals surface area contributed by atoms with E-state index in [1.165, 1.54) is 4.57 Å². The number of carbonyl (C=O) groups excluding carboxylic acids is 1. The number of imidazole rings is 1. The summed E-state index contributed by atoms with van der Waals surface area (Å²) in [6, 6.07) is 1.90. The lowest BCUT2D eigenvalue weighted by Gasteiger charge is -2.00. The topological polar surface area (TPSA) is 104 Å². The molecule has 2 heterocycles. The number of thiazole rings is 1. The van der Waals surface area contributed by atoms with Gasteiger partial charge in [0.1, 0.15) is 15.3 Å². The second kappa shape index (κ2) is 7.59. The van der Waals surface area contributed by atoms with E-state index >= 15 is 0 Å². The number of carbonyl (C=O) groups is 1. The van der Waals surface area contributed by atoms with Crippen molar-refractivity contribution in [3.05, 3.63) is 37.3 Å². The Balaban J connectivity index is 2.77. The maximum Gasteiger partial charge on any atom is 0.277 e. The fourth-order valence-electron chi connectivity index (χ4n) is 2.07. The highest BCUT2D eigenvalue weighted by atomic mass is 32.1. The highest BCUT2D eigenvalue weighted by Crippen LogP contribution is 2.01. The zero-order chi connectivity index (χ0) is 17.7. The minimum absolute atomic E-state index is 0.0650. The molecule has 0 radical (unpaired) electrons. The van der Waals surface area contributed by atoms with Crippen molar-refractivity contribution in [2.75, 3.05) is 6.54 Å². The molecule has 2 aromatic rings. The van der Waals surface area contributed by atoms with E-state index in [9.17, 15) is 14.9 Å². The van der Waals surface area contributed by atoms with Crippen molar-refractivity contribution in [1.82, 2.24) is 19.9 Å². The molecule has 0 atom stereocenters. The van der Waals surface area contributed by atoms with Gasteiger partial charge in [0.25, 0.3) is 11.5 Å². The maximum atomic E-state index is 12.5. The number of H-pyrrole nitrogens is 1. The van der Waals surface area contributed by atoms with Crippen LogP contribution in [-0.4, -0.2) is 27.0 Å². The van der Waals surface area contributed by atoms with Gasteiger partial charge in [-0.3, -0.25) is 14.2 Å². The number of nitrogens with zero attached hydrogens (tertiary/aromatic N) is 3. The molecule has 0 aliphatic heterocycles. The molecule has 124 valence electrons. The maximum absolute atomic E-state index is 12.5. The fourth-order valence-corrected chi connectivity index (χ4v) is 3.14. The van der Waals surface area contributed by atoms with Crippen LogP contribution in [-0.2, 0) is 11.3 Å². The van der Waals surface area contributed by atoms with Crippen molar-refractivity contribution in [2.45, 2.75) is 27.3 Å². The van der Waals surface area contributed by atoms with Gasteiger partial charge in [0, 0.05) is 24.9 Å². The van der Waals surface area contributed by atoms with Gasteiger partial charge in [0.15, 0.2) is 5.57 Å². The number of hydrogen-bond acceptors (Lipinski definition) is 5. The van der Waals surface area contributed by atoms with Crippen LogP contribution in [0, 0.1) is 18.3 Å². The standard InChI is InChI=1S/C16H17N5O2S/c1-4-18-14(22)11(8-17)16-21(5-2)15(23)13(24-16)7-6-12-10(3)19-9-20-12/h6,9H,4-5H2,1-3H3,(H,18,22)(H,19,20)/b16-11-. The molecule has 2 rings (SSSR count). The van der Waals surface area contributed by atoms with E-state index in [0.29, 0.717) is 28.0 Å². The van der Waals surface area contributed by atoms with Gasteiger partial charge < -0.3 is 10.3 Å². The third-order valence-corrected chi connectivity index (χ3v) is 4.41. The van der Waals surface area contributed by atoms with E-state index in [1.807, 2.05) is 13.0 Å². The van der Waals surface area contributed by atoms with Crippen molar-refractivity contribution in [3.63, 3.8) is 0 Å². The van der Waals surface area contributed by atoms with E-state index in [0.717, 1.165) is 17.0 Å². The van der Waals surface area contributed by atoms with Crippen molar-refractivity contribution < 1.29 is 4.79 Å². The Morgan fingerprint density at radius 1 is 1.54 bits per heavy atom. The Labute approximate surface area is 142 Å². The third-order valence-electron chi connectivity index (χ3n) is 3.30. The Morgan fingerprint density at radius 3 is 2.83 bits per heavy atom. The lowest BCUT2D eigenvalue weighted by Crippen LogP contribution is -2.34. The summed E-state index contributed by atoms with van der Waals surface area (Å²) in [7, 11) is 0. The zero-order valence-corrected chi connectivity index (χ0v) is 14.5. The van der Waals surface area contributed by atoms with Crippen LogP contribution in [0.25, 0.3) is 17.4 Å². The predicted octanol–water partition coefficient (Wildman–Crippen LogP) is -0.136. The second-order valence-corrected chi connectivity index (χ2v) is 5.83. The summed E-state index contributed by atoms with van der Waals surface area (Å²) in [5, 5.41) is 11.9. The van der Waals surface area contributed by atoms with Crippen LogP contribution in [0.5, 0.6) is 0 Å². The van der Waals surface area contributed by atoms with Crippen LogP contribution >= 0.6 is 11.3 Å². The van der Waals surface area contributed by atoms with Gasteiger partial charge >= 0.3 is 0 Å². The van der Waals surface area contributed by atoms with Crippen LogP contribution in [0.3, 0.4) is 0 Å².